The lowest BCUT2D eigenvalue weighted by atomic mass is 10.2. The first-order chi connectivity index (χ1) is 6.31. The Balaban J connectivity index is 2.54. The minimum absolute atomic E-state index is 0.00606. The molecule has 0 bridgehead atoms. The van der Waals surface area contributed by atoms with Gasteiger partial charge in [0, 0.05) is 17.8 Å². The first-order valence-corrected chi connectivity index (χ1v) is 3.88. The summed E-state index contributed by atoms with van der Waals surface area (Å²) in [6.07, 6.45) is 3.04. The molecule has 2 heterocycles. The number of hydrogen-bond acceptors (Lipinski definition) is 4. The van der Waals surface area contributed by atoms with Crippen molar-refractivity contribution in [2.45, 2.75) is 0 Å². The molecule has 0 aliphatic carbocycles. The van der Waals surface area contributed by atoms with Gasteiger partial charge in [-0.05, 0) is 6.07 Å². The molecule has 2 aromatic rings. The zero-order valence-electron chi connectivity index (χ0n) is 6.86. The van der Waals surface area contributed by atoms with Crippen molar-refractivity contribution in [3.63, 3.8) is 0 Å². The number of carbonyl (C=O) groups is 1. The van der Waals surface area contributed by atoms with E-state index < -0.39 is 0 Å². The van der Waals surface area contributed by atoms with E-state index in [0.717, 1.165) is 5.52 Å². The smallest absolute Gasteiger partial charge is 0.178 e. The fourth-order valence-electron chi connectivity index (χ4n) is 1.12. The second kappa shape index (κ2) is 2.99. The van der Waals surface area contributed by atoms with Crippen LogP contribution in [0.25, 0.3) is 11.1 Å². The minimum Gasteiger partial charge on any atom is -0.463 e. The number of rotatable bonds is 2. The molecule has 0 saturated heterocycles. The maximum Gasteiger partial charge on any atom is 0.178 e. The Morgan fingerprint density at radius 3 is 3.23 bits per heavy atom. The van der Waals surface area contributed by atoms with Crippen LogP contribution in [0, 0.1) is 0 Å². The summed E-state index contributed by atoms with van der Waals surface area (Å²) in [7, 11) is 0. The van der Waals surface area contributed by atoms with Crippen LogP contribution >= 0.6 is 0 Å². The maximum absolute atomic E-state index is 11.2. The van der Waals surface area contributed by atoms with Crippen molar-refractivity contribution in [2.75, 3.05) is 6.54 Å². The van der Waals surface area contributed by atoms with Gasteiger partial charge in [0.25, 0.3) is 0 Å². The molecule has 2 aromatic heterocycles. The SMILES string of the molecule is NCC(=O)c1cnc2ccoc2c1. The van der Waals surface area contributed by atoms with Gasteiger partial charge in [-0.3, -0.25) is 9.78 Å². The lowest BCUT2D eigenvalue weighted by molar-refractivity contribution is 0.100. The molecule has 0 fully saturated rings. The van der Waals surface area contributed by atoms with Gasteiger partial charge in [-0.25, -0.2) is 0 Å². The first-order valence-electron chi connectivity index (χ1n) is 3.88. The number of carbonyl (C=O) groups excluding carboxylic acids is 1. The standard InChI is InChI=1S/C9H8N2O2/c10-4-8(12)6-3-9-7(11-5-6)1-2-13-9/h1-3,5H,4,10H2. The van der Waals surface area contributed by atoms with Crippen LogP contribution in [0.1, 0.15) is 10.4 Å². The number of ketones is 1. The average molecular weight is 176 g/mol. The second-order valence-corrected chi connectivity index (χ2v) is 2.66. The van der Waals surface area contributed by atoms with E-state index in [9.17, 15) is 4.79 Å². The van der Waals surface area contributed by atoms with Gasteiger partial charge in [0.1, 0.15) is 5.52 Å². The number of Topliss-reactive ketones (excluding diaryl/α,β-unsaturated/α-hetero) is 1. The number of hydrogen-bond donors (Lipinski definition) is 1. The number of nitrogens with two attached hydrogens (primary N) is 1. The fourth-order valence-corrected chi connectivity index (χ4v) is 1.12. The molecule has 0 saturated carbocycles. The van der Waals surface area contributed by atoms with Crippen molar-refractivity contribution in [3.8, 4) is 0 Å². The van der Waals surface area contributed by atoms with Crippen molar-refractivity contribution < 1.29 is 9.21 Å². The quantitative estimate of drug-likeness (QED) is 0.692. The van der Waals surface area contributed by atoms with Crippen LogP contribution in [0.4, 0.5) is 0 Å². The Bertz CT molecular complexity index is 448. The summed E-state index contributed by atoms with van der Waals surface area (Å²) in [5, 5.41) is 0. The summed E-state index contributed by atoms with van der Waals surface area (Å²) < 4.78 is 5.10. The molecular formula is C9H8N2O2. The zero-order chi connectivity index (χ0) is 9.26. The maximum atomic E-state index is 11.2. The van der Waals surface area contributed by atoms with E-state index in [1.807, 2.05) is 0 Å². The third-order valence-corrected chi connectivity index (χ3v) is 1.81. The number of furan rings is 1. The Labute approximate surface area is 74.4 Å². The summed E-state index contributed by atoms with van der Waals surface area (Å²) in [6.45, 7) is -0.00606. The summed E-state index contributed by atoms with van der Waals surface area (Å²) >= 11 is 0. The molecule has 0 aromatic carbocycles. The zero-order valence-corrected chi connectivity index (χ0v) is 6.86. The van der Waals surface area contributed by atoms with Crippen molar-refractivity contribution in [1.29, 1.82) is 0 Å². The van der Waals surface area contributed by atoms with Gasteiger partial charge in [0.05, 0.1) is 12.8 Å². The molecule has 0 aliphatic heterocycles. The van der Waals surface area contributed by atoms with Crippen molar-refractivity contribution >= 4 is 16.9 Å². The average Bonchev–Trinajstić information content (AvgIpc) is 2.63. The molecule has 4 heteroatoms. The van der Waals surface area contributed by atoms with Crippen LogP contribution in [0.2, 0.25) is 0 Å². The molecule has 0 atom stereocenters. The third kappa shape index (κ3) is 1.31. The monoisotopic (exact) mass is 176 g/mol. The van der Waals surface area contributed by atoms with Crippen molar-refractivity contribution in [2.24, 2.45) is 5.73 Å². The van der Waals surface area contributed by atoms with Gasteiger partial charge in [-0.15, -0.1) is 0 Å². The highest BCUT2D eigenvalue weighted by Gasteiger charge is 2.06. The Morgan fingerprint density at radius 2 is 2.46 bits per heavy atom. The van der Waals surface area contributed by atoms with Crippen LogP contribution in [0.15, 0.2) is 29.0 Å². The van der Waals surface area contributed by atoms with Gasteiger partial charge in [0.2, 0.25) is 0 Å². The lowest BCUT2D eigenvalue weighted by Gasteiger charge is -1.95. The Kier molecular flexibility index (Phi) is 1.83. The van der Waals surface area contributed by atoms with Gasteiger partial charge in [-0.1, -0.05) is 0 Å². The number of nitrogens with zero attached hydrogens (tertiary/aromatic N) is 1. The molecule has 0 radical (unpaired) electrons. The van der Waals surface area contributed by atoms with Crippen LogP contribution in [-0.4, -0.2) is 17.3 Å². The van der Waals surface area contributed by atoms with Gasteiger partial charge in [0.15, 0.2) is 11.4 Å². The van der Waals surface area contributed by atoms with E-state index in [2.05, 4.69) is 4.98 Å². The highest BCUT2D eigenvalue weighted by molar-refractivity contribution is 5.99. The first kappa shape index (κ1) is 7.94. The lowest BCUT2D eigenvalue weighted by Crippen LogP contribution is -2.13. The van der Waals surface area contributed by atoms with Gasteiger partial charge in [-0.2, -0.15) is 0 Å². The number of fused-ring (bicyclic) bond motifs is 1. The summed E-state index contributed by atoms with van der Waals surface area (Å²) in [5.74, 6) is -0.134. The molecule has 4 nitrogen and oxygen atoms in total. The summed E-state index contributed by atoms with van der Waals surface area (Å²) in [6, 6.07) is 3.39. The Hall–Kier alpha value is -1.68. The van der Waals surface area contributed by atoms with Crippen molar-refractivity contribution in [3.05, 3.63) is 30.2 Å². The van der Waals surface area contributed by atoms with Crippen LogP contribution < -0.4 is 5.73 Å². The largest absolute Gasteiger partial charge is 0.463 e. The summed E-state index contributed by atoms with van der Waals surface area (Å²) in [5.41, 5.74) is 7.06. The molecule has 0 spiro atoms. The molecule has 2 N–H and O–H groups in total. The molecule has 13 heavy (non-hydrogen) atoms. The highest BCUT2D eigenvalue weighted by Crippen LogP contribution is 2.13. The van der Waals surface area contributed by atoms with E-state index >= 15 is 0 Å². The molecule has 0 unspecified atom stereocenters. The van der Waals surface area contributed by atoms with E-state index in [0.29, 0.717) is 11.1 Å². The normalized spacial score (nSPS) is 10.5. The van der Waals surface area contributed by atoms with Crippen LogP contribution in [-0.2, 0) is 0 Å². The third-order valence-electron chi connectivity index (χ3n) is 1.81. The minimum atomic E-state index is -0.134. The van der Waals surface area contributed by atoms with Crippen LogP contribution in [0.3, 0.4) is 0 Å². The molecule has 66 valence electrons. The Morgan fingerprint density at radius 1 is 1.62 bits per heavy atom. The van der Waals surface area contributed by atoms with E-state index in [4.69, 9.17) is 10.2 Å². The second-order valence-electron chi connectivity index (χ2n) is 2.66. The highest BCUT2D eigenvalue weighted by atomic mass is 16.3. The van der Waals surface area contributed by atoms with Gasteiger partial charge >= 0.3 is 0 Å². The van der Waals surface area contributed by atoms with E-state index in [1.165, 1.54) is 12.5 Å². The predicted octanol–water partition coefficient (Wildman–Crippen LogP) is 0.969. The van der Waals surface area contributed by atoms with Crippen molar-refractivity contribution in [1.82, 2.24) is 4.98 Å². The molecule has 0 amide bonds. The topological polar surface area (TPSA) is 69.1 Å². The summed E-state index contributed by atoms with van der Waals surface area (Å²) in [4.78, 5) is 15.2. The van der Waals surface area contributed by atoms with Crippen LogP contribution in [0.5, 0.6) is 0 Å². The fraction of sp³-hybridized carbons (Fsp3) is 0.111. The van der Waals surface area contributed by atoms with E-state index in [1.54, 1.807) is 12.1 Å². The van der Waals surface area contributed by atoms with Gasteiger partial charge < -0.3 is 10.2 Å². The molecule has 2 rings (SSSR count). The molecular weight excluding hydrogens is 168 g/mol. The number of aromatic nitrogens is 1. The molecule has 0 aliphatic rings. The number of pyridine rings is 1. The van der Waals surface area contributed by atoms with E-state index in [-0.39, 0.29) is 12.3 Å². The predicted molar refractivity (Wildman–Crippen MR) is 47.4 cm³/mol.